The van der Waals surface area contributed by atoms with E-state index in [0.717, 1.165) is 17.7 Å². The van der Waals surface area contributed by atoms with E-state index in [1.54, 1.807) is 36.7 Å². The molecule has 0 radical (unpaired) electrons. The lowest BCUT2D eigenvalue weighted by Gasteiger charge is -2.09. The molecule has 2 aromatic carbocycles. The zero-order valence-corrected chi connectivity index (χ0v) is 12.9. The molecule has 0 bridgehead atoms. The highest BCUT2D eigenvalue weighted by atomic mass is 19.2. The number of carbonyl (C=O) groups is 1. The van der Waals surface area contributed by atoms with Gasteiger partial charge in [-0.1, -0.05) is 12.1 Å². The van der Waals surface area contributed by atoms with Crippen LogP contribution >= 0.6 is 0 Å². The minimum absolute atomic E-state index is 0.397. The van der Waals surface area contributed by atoms with Gasteiger partial charge in [0.1, 0.15) is 5.82 Å². The third-order valence-corrected chi connectivity index (χ3v) is 3.62. The normalized spacial score (nSPS) is 10.6. The zero-order chi connectivity index (χ0) is 17.1. The summed E-state index contributed by atoms with van der Waals surface area (Å²) in [6.45, 7) is 0.482. The molecule has 0 fully saturated rings. The summed E-state index contributed by atoms with van der Waals surface area (Å²) in [6, 6.07) is 10.6. The fourth-order valence-corrected chi connectivity index (χ4v) is 2.39. The third-order valence-electron chi connectivity index (χ3n) is 3.62. The van der Waals surface area contributed by atoms with Gasteiger partial charge in [0.25, 0.3) is 0 Å². The Morgan fingerprint density at radius 1 is 1.12 bits per heavy atom. The van der Waals surface area contributed by atoms with E-state index in [2.05, 4.69) is 9.72 Å². The Bertz CT molecular complexity index is 873. The summed E-state index contributed by atoms with van der Waals surface area (Å²) < 4.78 is 33.0. The van der Waals surface area contributed by atoms with E-state index in [1.165, 1.54) is 13.2 Å². The minimum Gasteiger partial charge on any atom is -0.465 e. The van der Waals surface area contributed by atoms with E-state index in [4.69, 9.17) is 0 Å². The topological polar surface area (TPSA) is 44.1 Å². The van der Waals surface area contributed by atoms with Crippen molar-refractivity contribution in [3.63, 3.8) is 0 Å². The monoisotopic (exact) mass is 328 g/mol. The van der Waals surface area contributed by atoms with Gasteiger partial charge >= 0.3 is 5.97 Å². The molecular formula is C18H14F2N2O2. The van der Waals surface area contributed by atoms with Gasteiger partial charge < -0.3 is 9.30 Å². The molecule has 122 valence electrons. The van der Waals surface area contributed by atoms with E-state index in [-0.39, 0.29) is 0 Å². The zero-order valence-electron chi connectivity index (χ0n) is 12.9. The van der Waals surface area contributed by atoms with Crippen LogP contribution in [0.25, 0.3) is 11.4 Å². The highest BCUT2D eigenvalue weighted by Crippen LogP contribution is 2.21. The molecule has 3 rings (SSSR count). The van der Waals surface area contributed by atoms with E-state index in [9.17, 15) is 13.6 Å². The molecule has 0 N–H and O–H groups in total. The molecule has 24 heavy (non-hydrogen) atoms. The molecule has 0 aliphatic rings. The fraction of sp³-hybridized carbons (Fsp3) is 0.111. The molecule has 0 saturated heterocycles. The Labute approximate surface area is 137 Å². The van der Waals surface area contributed by atoms with Crippen molar-refractivity contribution in [2.24, 2.45) is 0 Å². The molecule has 0 unspecified atom stereocenters. The van der Waals surface area contributed by atoms with Gasteiger partial charge in [0.2, 0.25) is 0 Å². The molecule has 0 amide bonds. The van der Waals surface area contributed by atoms with Gasteiger partial charge in [0.05, 0.1) is 12.7 Å². The maximum Gasteiger partial charge on any atom is 0.337 e. The van der Waals surface area contributed by atoms with Crippen molar-refractivity contribution in [2.75, 3.05) is 7.11 Å². The second-order valence-corrected chi connectivity index (χ2v) is 5.20. The van der Waals surface area contributed by atoms with Crippen LogP contribution in [-0.4, -0.2) is 22.6 Å². The summed E-state index contributed by atoms with van der Waals surface area (Å²) in [4.78, 5) is 15.6. The van der Waals surface area contributed by atoms with Crippen molar-refractivity contribution in [2.45, 2.75) is 6.54 Å². The largest absolute Gasteiger partial charge is 0.465 e. The Balaban J connectivity index is 1.85. The molecule has 3 aromatic rings. The smallest absolute Gasteiger partial charge is 0.337 e. The summed E-state index contributed by atoms with van der Waals surface area (Å²) in [7, 11) is 1.33. The first-order valence-corrected chi connectivity index (χ1v) is 7.22. The average Bonchev–Trinajstić information content (AvgIpc) is 3.05. The van der Waals surface area contributed by atoms with Crippen LogP contribution in [0.1, 0.15) is 15.9 Å². The van der Waals surface area contributed by atoms with E-state index >= 15 is 0 Å². The summed E-state index contributed by atoms with van der Waals surface area (Å²) in [5.41, 5.74) is 1.89. The second-order valence-electron chi connectivity index (χ2n) is 5.20. The first-order chi connectivity index (χ1) is 11.6. The molecule has 0 saturated carbocycles. The number of hydrogen-bond acceptors (Lipinski definition) is 3. The van der Waals surface area contributed by atoms with Crippen LogP contribution in [0.3, 0.4) is 0 Å². The lowest BCUT2D eigenvalue weighted by Crippen LogP contribution is -2.04. The Hall–Kier alpha value is -3.02. The number of benzene rings is 2. The predicted octanol–water partition coefficient (Wildman–Crippen LogP) is 3.66. The number of carbonyl (C=O) groups excluding carboxylic acids is 1. The molecule has 0 spiro atoms. The number of aromatic nitrogens is 2. The van der Waals surface area contributed by atoms with Crippen LogP contribution in [-0.2, 0) is 11.3 Å². The number of nitrogens with zero attached hydrogens (tertiary/aromatic N) is 2. The number of ether oxygens (including phenoxy) is 1. The van der Waals surface area contributed by atoms with Gasteiger partial charge in [-0.3, -0.25) is 0 Å². The number of rotatable bonds is 4. The van der Waals surface area contributed by atoms with Crippen LogP contribution in [0, 0.1) is 11.6 Å². The maximum atomic E-state index is 13.4. The van der Waals surface area contributed by atoms with Crippen LogP contribution < -0.4 is 0 Å². The molecule has 0 atom stereocenters. The lowest BCUT2D eigenvalue weighted by molar-refractivity contribution is 0.0600. The molecular weight excluding hydrogens is 314 g/mol. The Kier molecular flexibility index (Phi) is 4.37. The van der Waals surface area contributed by atoms with Gasteiger partial charge in [0, 0.05) is 24.5 Å². The quantitative estimate of drug-likeness (QED) is 0.687. The number of hydrogen-bond donors (Lipinski definition) is 0. The first kappa shape index (κ1) is 15.9. The molecule has 1 heterocycles. The highest BCUT2D eigenvalue weighted by molar-refractivity contribution is 5.89. The molecule has 4 nitrogen and oxygen atoms in total. The summed E-state index contributed by atoms with van der Waals surface area (Å²) in [5.74, 6) is -1.67. The van der Waals surface area contributed by atoms with E-state index in [1.807, 2.05) is 4.57 Å². The predicted molar refractivity (Wildman–Crippen MR) is 84.5 cm³/mol. The number of halogens is 2. The summed E-state index contributed by atoms with van der Waals surface area (Å²) in [5, 5.41) is 0. The van der Waals surface area contributed by atoms with Crippen molar-refractivity contribution in [3.05, 3.63) is 77.6 Å². The maximum absolute atomic E-state index is 13.4. The van der Waals surface area contributed by atoms with Crippen molar-refractivity contribution in [1.82, 2.24) is 9.55 Å². The second kappa shape index (κ2) is 6.62. The van der Waals surface area contributed by atoms with Gasteiger partial charge in [-0.05, 0) is 35.9 Å². The number of methoxy groups -OCH3 is 1. The van der Waals surface area contributed by atoms with Crippen molar-refractivity contribution in [1.29, 1.82) is 0 Å². The fourth-order valence-electron chi connectivity index (χ4n) is 2.39. The highest BCUT2D eigenvalue weighted by Gasteiger charge is 2.10. The van der Waals surface area contributed by atoms with Gasteiger partial charge in [-0.2, -0.15) is 0 Å². The van der Waals surface area contributed by atoms with Gasteiger partial charge in [-0.15, -0.1) is 0 Å². The number of esters is 1. The van der Waals surface area contributed by atoms with E-state index < -0.39 is 17.6 Å². The molecule has 6 heteroatoms. The number of imidazole rings is 1. The average molecular weight is 328 g/mol. The van der Waals surface area contributed by atoms with Crippen molar-refractivity contribution < 1.29 is 18.3 Å². The minimum atomic E-state index is -0.913. The SMILES string of the molecule is COC(=O)c1ccc(Cn2ccnc2-c2ccc(F)c(F)c2)cc1. The Morgan fingerprint density at radius 2 is 1.88 bits per heavy atom. The van der Waals surface area contributed by atoms with Crippen LogP contribution in [0.15, 0.2) is 54.9 Å². The summed E-state index contributed by atoms with van der Waals surface area (Å²) in [6.07, 6.45) is 3.35. The third kappa shape index (κ3) is 3.17. The van der Waals surface area contributed by atoms with E-state index in [0.29, 0.717) is 23.5 Å². The van der Waals surface area contributed by atoms with Gasteiger partial charge in [0.15, 0.2) is 11.6 Å². The van der Waals surface area contributed by atoms with Crippen LogP contribution in [0.2, 0.25) is 0 Å². The molecule has 0 aliphatic heterocycles. The first-order valence-electron chi connectivity index (χ1n) is 7.22. The van der Waals surface area contributed by atoms with Crippen molar-refractivity contribution in [3.8, 4) is 11.4 Å². The molecule has 1 aromatic heterocycles. The van der Waals surface area contributed by atoms with Crippen molar-refractivity contribution >= 4 is 5.97 Å². The summed E-state index contributed by atoms with van der Waals surface area (Å²) >= 11 is 0. The lowest BCUT2D eigenvalue weighted by atomic mass is 10.1. The van der Waals surface area contributed by atoms with Gasteiger partial charge in [-0.25, -0.2) is 18.6 Å². The Morgan fingerprint density at radius 3 is 2.54 bits per heavy atom. The standard InChI is InChI=1S/C18H14F2N2O2/c1-24-18(23)13-4-2-12(3-5-13)11-22-9-8-21-17(22)14-6-7-15(19)16(20)10-14/h2-10H,11H2,1H3. The molecule has 0 aliphatic carbocycles. The van der Waals surface area contributed by atoms with Crippen LogP contribution in [0.5, 0.6) is 0 Å². The van der Waals surface area contributed by atoms with Crippen LogP contribution in [0.4, 0.5) is 8.78 Å².